The number of likely N-dealkylation sites (N-methyl/N-ethyl adjacent to an activating group) is 1. The average Bonchev–Trinajstić information content (AvgIpc) is 2.50. The molecule has 0 saturated heterocycles. The summed E-state index contributed by atoms with van der Waals surface area (Å²) in [4.78, 5) is 14.1. The number of rotatable bonds is 10. The normalized spacial score (nSPS) is 12.2. The second-order valence-corrected chi connectivity index (χ2v) is 5.46. The summed E-state index contributed by atoms with van der Waals surface area (Å²) in [5.74, 6) is 0.853. The maximum absolute atomic E-state index is 12.0. The van der Waals surface area contributed by atoms with Crippen LogP contribution < -0.4 is 10.1 Å². The van der Waals surface area contributed by atoms with Crippen molar-refractivity contribution < 1.29 is 14.3 Å². The smallest absolute Gasteiger partial charge is 0.237 e. The fourth-order valence-corrected chi connectivity index (χ4v) is 2.05. The van der Waals surface area contributed by atoms with E-state index < -0.39 is 0 Å². The molecule has 22 heavy (non-hydrogen) atoms. The standard InChI is InChI=1S/C17H28N2O3/c1-14-7-5-8-16(13-14)22-12-9-18-17(20)15(2)19(3)10-6-11-21-4/h5,7-8,13,15H,6,9-12H2,1-4H3,(H,18,20). The van der Waals surface area contributed by atoms with Gasteiger partial charge in [0.2, 0.25) is 5.91 Å². The number of ether oxygens (including phenoxy) is 2. The van der Waals surface area contributed by atoms with Gasteiger partial charge in [0, 0.05) is 20.3 Å². The fourth-order valence-electron chi connectivity index (χ4n) is 2.05. The Hall–Kier alpha value is -1.59. The molecular formula is C17H28N2O3. The van der Waals surface area contributed by atoms with Gasteiger partial charge in [-0.1, -0.05) is 12.1 Å². The lowest BCUT2D eigenvalue weighted by molar-refractivity contribution is -0.125. The Morgan fingerprint density at radius 3 is 2.82 bits per heavy atom. The van der Waals surface area contributed by atoms with Gasteiger partial charge in [-0.3, -0.25) is 9.69 Å². The van der Waals surface area contributed by atoms with Crippen LogP contribution >= 0.6 is 0 Å². The number of methoxy groups -OCH3 is 1. The van der Waals surface area contributed by atoms with Crippen molar-refractivity contribution in [3.05, 3.63) is 29.8 Å². The van der Waals surface area contributed by atoms with Crippen molar-refractivity contribution in [2.45, 2.75) is 26.3 Å². The highest BCUT2D eigenvalue weighted by atomic mass is 16.5. The molecule has 1 atom stereocenters. The summed E-state index contributed by atoms with van der Waals surface area (Å²) in [6.07, 6.45) is 0.918. The van der Waals surface area contributed by atoms with Crippen LogP contribution in [0.4, 0.5) is 0 Å². The number of benzene rings is 1. The molecule has 0 fully saturated rings. The SMILES string of the molecule is COCCCN(C)C(C)C(=O)NCCOc1cccc(C)c1. The molecule has 0 radical (unpaired) electrons. The molecule has 0 aliphatic heterocycles. The molecule has 5 heteroatoms. The van der Waals surface area contributed by atoms with E-state index in [1.165, 1.54) is 0 Å². The topological polar surface area (TPSA) is 50.8 Å². The van der Waals surface area contributed by atoms with Crippen molar-refractivity contribution in [3.63, 3.8) is 0 Å². The van der Waals surface area contributed by atoms with E-state index in [-0.39, 0.29) is 11.9 Å². The van der Waals surface area contributed by atoms with Crippen molar-refractivity contribution in [2.24, 2.45) is 0 Å². The number of amides is 1. The molecule has 124 valence electrons. The summed E-state index contributed by atoms with van der Waals surface area (Å²) in [6, 6.07) is 7.72. The van der Waals surface area contributed by atoms with Gasteiger partial charge in [0.05, 0.1) is 12.6 Å². The van der Waals surface area contributed by atoms with E-state index in [1.54, 1.807) is 7.11 Å². The summed E-state index contributed by atoms with van der Waals surface area (Å²) in [7, 11) is 3.63. The minimum absolute atomic E-state index is 0.0211. The van der Waals surface area contributed by atoms with Crippen LogP contribution in [0.3, 0.4) is 0 Å². The lowest BCUT2D eigenvalue weighted by atomic mass is 10.2. The van der Waals surface area contributed by atoms with Gasteiger partial charge in [-0.05, 0) is 45.0 Å². The van der Waals surface area contributed by atoms with Gasteiger partial charge in [0.25, 0.3) is 0 Å². The largest absolute Gasteiger partial charge is 0.492 e. The highest BCUT2D eigenvalue weighted by Gasteiger charge is 2.16. The van der Waals surface area contributed by atoms with Crippen LogP contribution in [0.15, 0.2) is 24.3 Å². The van der Waals surface area contributed by atoms with Gasteiger partial charge in [0.1, 0.15) is 12.4 Å². The Bertz CT molecular complexity index is 451. The fraction of sp³-hybridized carbons (Fsp3) is 0.588. The Morgan fingerprint density at radius 1 is 1.36 bits per heavy atom. The third-order valence-electron chi connectivity index (χ3n) is 3.56. The zero-order valence-corrected chi connectivity index (χ0v) is 14.1. The van der Waals surface area contributed by atoms with E-state index >= 15 is 0 Å². The molecule has 1 rings (SSSR count). The molecule has 0 aliphatic carbocycles. The molecule has 1 N–H and O–H groups in total. The number of nitrogens with one attached hydrogen (secondary N) is 1. The molecule has 1 amide bonds. The van der Waals surface area contributed by atoms with Gasteiger partial charge in [-0.15, -0.1) is 0 Å². The van der Waals surface area contributed by atoms with Crippen LogP contribution in [0.2, 0.25) is 0 Å². The third-order valence-corrected chi connectivity index (χ3v) is 3.56. The van der Waals surface area contributed by atoms with Crippen molar-refractivity contribution in [3.8, 4) is 5.75 Å². The lowest BCUT2D eigenvalue weighted by Gasteiger charge is -2.23. The highest BCUT2D eigenvalue weighted by Crippen LogP contribution is 2.11. The Morgan fingerprint density at radius 2 is 2.14 bits per heavy atom. The van der Waals surface area contributed by atoms with Crippen LogP contribution in [0, 0.1) is 6.92 Å². The molecule has 5 nitrogen and oxygen atoms in total. The average molecular weight is 308 g/mol. The predicted octanol–water partition coefficient (Wildman–Crippen LogP) is 1.85. The maximum Gasteiger partial charge on any atom is 0.237 e. The molecule has 1 unspecified atom stereocenters. The van der Waals surface area contributed by atoms with Crippen LogP contribution in [0.5, 0.6) is 5.75 Å². The van der Waals surface area contributed by atoms with Crippen LogP contribution in [0.1, 0.15) is 18.9 Å². The molecular weight excluding hydrogens is 280 g/mol. The van der Waals surface area contributed by atoms with Gasteiger partial charge < -0.3 is 14.8 Å². The second kappa shape index (κ2) is 10.2. The van der Waals surface area contributed by atoms with E-state index in [1.807, 2.05) is 50.1 Å². The quantitative estimate of drug-likeness (QED) is 0.670. The van der Waals surface area contributed by atoms with Gasteiger partial charge >= 0.3 is 0 Å². The molecule has 0 heterocycles. The number of aryl methyl sites for hydroxylation is 1. The summed E-state index contributed by atoms with van der Waals surface area (Å²) in [5.41, 5.74) is 1.16. The summed E-state index contributed by atoms with van der Waals surface area (Å²) >= 11 is 0. The first-order valence-electron chi connectivity index (χ1n) is 7.71. The Balaban J connectivity index is 2.21. The highest BCUT2D eigenvalue weighted by molar-refractivity contribution is 5.81. The molecule has 1 aromatic carbocycles. The third kappa shape index (κ3) is 6.91. The Kier molecular flexibility index (Phi) is 8.55. The minimum Gasteiger partial charge on any atom is -0.492 e. The number of hydrogen-bond donors (Lipinski definition) is 1. The summed E-state index contributed by atoms with van der Waals surface area (Å²) in [5, 5.41) is 2.90. The van der Waals surface area contributed by atoms with Crippen molar-refractivity contribution in [1.29, 1.82) is 0 Å². The van der Waals surface area contributed by atoms with Crippen LogP contribution in [-0.4, -0.2) is 57.3 Å². The number of hydrogen-bond acceptors (Lipinski definition) is 4. The predicted molar refractivity (Wildman–Crippen MR) is 88.3 cm³/mol. The second-order valence-electron chi connectivity index (χ2n) is 5.46. The monoisotopic (exact) mass is 308 g/mol. The molecule has 0 bridgehead atoms. The lowest BCUT2D eigenvalue weighted by Crippen LogP contribution is -2.44. The maximum atomic E-state index is 12.0. The first-order valence-corrected chi connectivity index (χ1v) is 7.71. The minimum atomic E-state index is -0.157. The van der Waals surface area contributed by atoms with Gasteiger partial charge in [-0.2, -0.15) is 0 Å². The summed E-state index contributed by atoms with van der Waals surface area (Å²) < 4.78 is 10.6. The molecule has 0 aliphatic rings. The number of carbonyl (C=O) groups is 1. The van der Waals surface area contributed by atoms with E-state index in [0.29, 0.717) is 19.8 Å². The first-order chi connectivity index (χ1) is 10.5. The van der Waals surface area contributed by atoms with E-state index in [9.17, 15) is 4.79 Å². The van der Waals surface area contributed by atoms with E-state index in [0.717, 1.165) is 24.3 Å². The van der Waals surface area contributed by atoms with Crippen molar-refractivity contribution >= 4 is 5.91 Å². The van der Waals surface area contributed by atoms with E-state index in [4.69, 9.17) is 9.47 Å². The number of nitrogens with zero attached hydrogens (tertiary/aromatic N) is 1. The van der Waals surface area contributed by atoms with Gasteiger partial charge in [0.15, 0.2) is 0 Å². The van der Waals surface area contributed by atoms with E-state index in [2.05, 4.69) is 5.32 Å². The van der Waals surface area contributed by atoms with Crippen molar-refractivity contribution in [2.75, 3.05) is 40.5 Å². The van der Waals surface area contributed by atoms with Crippen LogP contribution in [0.25, 0.3) is 0 Å². The first kappa shape index (κ1) is 18.5. The molecule has 0 aromatic heterocycles. The molecule has 0 spiro atoms. The zero-order valence-electron chi connectivity index (χ0n) is 14.1. The molecule has 1 aromatic rings. The molecule has 0 saturated carbocycles. The Labute approximate surface area is 133 Å². The number of carbonyl (C=O) groups excluding carboxylic acids is 1. The zero-order chi connectivity index (χ0) is 16.4. The van der Waals surface area contributed by atoms with Crippen LogP contribution in [-0.2, 0) is 9.53 Å². The summed E-state index contributed by atoms with van der Waals surface area (Å²) in [6.45, 7) is 6.45. The van der Waals surface area contributed by atoms with Gasteiger partial charge in [-0.25, -0.2) is 0 Å². The van der Waals surface area contributed by atoms with Crippen molar-refractivity contribution in [1.82, 2.24) is 10.2 Å².